The number of amides is 2. The summed E-state index contributed by atoms with van der Waals surface area (Å²) in [5.74, 6) is -1.63. The monoisotopic (exact) mass is 394 g/mol. The number of hydrogen-bond donors (Lipinski definition) is 1. The molecule has 0 saturated carbocycles. The minimum absolute atomic E-state index is 0.0814. The molecular weight excluding hydrogens is 368 g/mol. The van der Waals surface area contributed by atoms with E-state index in [9.17, 15) is 14.4 Å². The van der Waals surface area contributed by atoms with E-state index >= 15 is 0 Å². The van der Waals surface area contributed by atoms with Crippen molar-refractivity contribution in [1.82, 2.24) is 0 Å². The van der Waals surface area contributed by atoms with E-state index in [1.807, 2.05) is 63.2 Å². The maximum Gasteiger partial charge on any atom is 0.312 e. The van der Waals surface area contributed by atoms with E-state index in [4.69, 9.17) is 4.74 Å². The van der Waals surface area contributed by atoms with Gasteiger partial charge in [-0.1, -0.05) is 29.8 Å². The van der Waals surface area contributed by atoms with Crippen LogP contribution in [0.2, 0.25) is 0 Å². The van der Waals surface area contributed by atoms with Crippen LogP contribution in [-0.2, 0) is 19.1 Å². The van der Waals surface area contributed by atoms with Crippen molar-refractivity contribution in [3.63, 3.8) is 0 Å². The van der Waals surface area contributed by atoms with Crippen LogP contribution in [0.3, 0.4) is 0 Å². The Morgan fingerprint density at radius 1 is 1.07 bits per heavy atom. The zero-order valence-electron chi connectivity index (χ0n) is 17.2. The van der Waals surface area contributed by atoms with Gasteiger partial charge in [-0.05, 0) is 57.0 Å². The molecule has 1 aliphatic heterocycles. The first kappa shape index (κ1) is 20.6. The topological polar surface area (TPSA) is 75.7 Å². The van der Waals surface area contributed by atoms with Crippen molar-refractivity contribution < 1.29 is 19.1 Å². The largest absolute Gasteiger partial charge is 0.452 e. The van der Waals surface area contributed by atoms with Gasteiger partial charge in [0.25, 0.3) is 5.91 Å². The number of nitrogens with zero attached hydrogens (tertiary/aromatic N) is 1. The highest BCUT2D eigenvalue weighted by molar-refractivity contribution is 6.00. The fraction of sp³-hybridized carbons (Fsp3) is 0.348. The van der Waals surface area contributed by atoms with Gasteiger partial charge in [0.2, 0.25) is 5.91 Å². The summed E-state index contributed by atoms with van der Waals surface area (Å²) in [5.41, 5.74) is 4.50. The lowest BCUT2D eigenvalue weighted by Gasteiger charge is -2.18. The maximum absolute atomic E-state index is 12.5. The molecule has 0 radical (unpaired) electrons. The molecular formula is C23H26N2O4. The summed E-state index contributed by atoms with van der Waals surface area (Å²) in [4.78, 5) is 38.9. The molecule has 152 valence electrons. The first-order chi connectivity index (χ1) is 13.7. The van der Waals surface area contributed by atoms with Gasteiger partial charge in [-0.25, -0.2) is 0 Å². The summed E-state index contributed by atoms with van der Waals surface area (Å²) in [6, 6.07) is 13.3. The first-order valence-electron chi connectivity index (χ1n) is 9.70. The van der Waals surface area contributed by atoms with Crippen molar-refractivity contribution in [2.24, 2.45) is 5.92 Å². The van der Waals surface area contributed by atoms with Crippen molar-refractivity contribution in [2.45, 2.75) is 40.2 Å². The molecule has 2 atom stereocenters. The standard InChI is InChI=1S/C23H26N2O4/c1-14-6-9-19(10-7-14)25-13-18(12-21(25)26)23(28)29-17(4)22(27)24-20-11-15(2)5-8-16(20)3/h5-11,17-18H,12-13H2,1-4H3,(H,24,27)/t17-,18-/m0/s1. The first-order valence-corrected chi connectivity index (χ1v) is 9.70. The number of ether oxygens (including phenoxy) is 1. The second kappa shape index (κ2) is 8.47. The highest BCUT2D eigenvalue weighted by Gasteiger charge is 2.37. The number of hydrogen-bond acceptors (Lipinski definition) is 4. The van der Waals surface area contributed by atoms with Crippen LogP contribution in [0.5, 0.6) is 0 Å². The normalized spacial score (nSPS) is 17.2. The summed E-state index contributed by atoms with van der Waals surface area (Å²) >= 11 is 0. The Bertz CT molecular complexity index is 936. The van der Waals surface area contributed by atoms with Crippen LogP contribution in [0.4, 0.5) is 11.4 Å². The molecule has 29 heavy (non-hydrogen) atoms. The summed E-state index contributed by atoms with van der Waals surface area (Å²) in [6.07, 6.45) is -0.871. The third kappa shape index (κ3) is 4.83. The van der Waals surface area contributed by atoms with Crippen molar-refractivity contribution in [2.75, 3.05) is 16.8 Å². The predicted molar refractivity (Wildman–Crippen MR) is 112 cm³/mol. The minimum atomic E-state index is -0.953. The van der Waals surface area contributed by atoms with Crippen molar-refractivity contribution in [3.8, 4) is 0 Å². The number of esters is 1. The van der Waals surface area contributed by atoms with E-state index in [0.717, 1.165) is 22.4 Å². The van der Waals surface area contributed by atoms with Crippen LogP contribution in [0.15, 0.2) is 42.5 Å². The molecule has 2 amide bonds. The maximum atomic E-state index is 12.5. The molecule has 1 fully saturated rings. The third-order valence-electron chi connectivity index (χ3n) is 5.12. The molecule has 1 N–H and O–H groups in total. The average molecular weight is 394 g/mol. The molecule has 0 bridgehead atoms. The zero-order chi connectivity index (χ0) is 21.1. The lowest BCUT2D eigenvalue weighted by Crippen LogP contribution is -2.33. The Morgan fingerprint density at radius 2 is 1.72 bits per heavy atom. The molecule has 3 rings (SSSR count). The van der Waals surface area contributed by atoms with Crippen LogP contribution in [0, 0.1) is 26.7 Å². The number of aryl methyl sites for hydroxylation is 3. The van der Waals surface area contributed by atoms with E-state index in [1.54, 1.807) is 4.90 Å². The second-order valence-corrected chi connectivity index (χ2v) is 7.63. The smallest absolute Gasteiger partial charge is 0.312 e. The average Bonchev–Trinajstić information content (AvgIpc) is 3.07. The number of carbonyl (C=O) groups is 3. The fourth-order valence-corrected chi connectivity index (χ4v) is 3.27. The molecule has 6 heteroatoms. The number of benzene rings is 2. The molecule has 6 nitrogen and oxygen atoms in total. The Balaban J connectivity index is 1.59. The van der Waals surface area contributed by atoms with Crippen LogP contribution < -0.4 is 10.2 Å². The number of nitrogens with one attached hydrogen (secondary N) is 1. The van der Waals surface area contributed by atoms with E-state index in [0.29, 0.717) is 5.69 Å². The van der Waals surface area contributed by atoms with Crippen molar-refractivity contribution in [1.29, 1.82) is 0 Å². The quantitative estimate of drug-likeness (QED) is 0.787. The Hall–Kier alpha value is -3.15. The molecule has 0 aromatic heterocycles. The molecule has 2 aromatic rings. The number of anilines is 2. The highest BCUT2D eigenvalue weighted by Crippen LogP contribution is 2.26. The lowest BCUT2D eigenvalue weighted by atomic mass is 10.1. The van der Waals surface area contributed by atoms with Crippen LogP contribution in [0.1, 0.15) is 30.0 Å². The SMILES string of the molecule is Cc1ccc(N2C[C@@H](C(=O)O[C@@H](C)C(=O)Nc3cc(C)ccc3C)CC2=O)cc1. The molecule has 0 unspecified atom stereocenters. The Labute approximate surface area is 170 Å². The van der Waals surface area contributed by atoms with Gasteiger partial charge in [-0.2, -0.15) is 0 Å². The van der Waals surface area contributed by atoms with Crippen LogP contribution >= 0.6 is 0 Å². The van der Waals surface area contributed by atoms with E-state index in [2.05, 4.69) is 5.32 Å². The molecule has 2 aromatic carbocycles. The van der Waals surface area contributed by atoms with E-state index < -0.39 is 23.9 Å². The van der Waals surface area contributed by atoms with Gasteiger partial charge in [0.1, 0.15) is 0 Å². The summed E-state index contributed by atoms with van der Waals surface area (Å²) in [5, 5.41) is 2.80. The van der Waals surface area contributed by atoms with Crippen molar-refractivity contribution >= 4 is 29.2 Å². The molecule has 0 spiro atoms. The highest BCUT2D eigenvalue weighted by atomic mass is 16.5. The zero-order valence-corrected chi connectivity index (χ0v) is 17.2. The predicted octanol–water partition coefficient (Wildman–Crippen LogP) is 3.54. The van der Waals surface area contributed by atoms with Gasteiger partial charge in [-0.3, -0.25) is 14.4 Å². The van der Waals surface area contributed by atoms with Crippen LogP contribution in [-0.4, -0.2) is 30.4 Å². The van der Waals surface area contributed by atoms with Gasteiger partial charge < -0.3 is 15.0 Å². The molecule has 1 aliphatic rings. The minimum Gasteiger partial charge on any atom is -0.452 e. The van der Waals surface area contributed by atoms with E-state index in [1.165, 1.54) is 6.92 Å². The molecule has 1 saturated heterocycles. The summed E-state index contributed by atoms with van der Waals surface area (Å²) in [6.45, 7) is 7.60. The van der Waals surface area contributed by atoms with Gasteiger partial charge in [0.05, 0.1) is 5.92 Å². The lowest BCUT2D eigenvalue weighted by molar-refractivity contribution is -0.157. The van der Waals surface area contributed by atoms with Crippen molar-refractivity contribution in [3.05, 3.63) is 59.2 Å². The van der Waals surface area contributed by atoms with Gasteiger partial charge in [-0.15, -0.1) is 0 Å². The Morgan fingerprint density at radius 3 is 2.41 bits per heavy atom. The van der Waals surface area contributed by atoms with Gasteiger partial charge in [0.15, 0.2) is 6.10 Å². The Kier molecular flexibility index (Phi) is 6.01. The van der Waals surface area contributed by atoms with Crippen LogP contribution in [0.25, 0.3) is 0 Å². The van der Waals surface area contributed by atoms with Gasteiger partial charge in [0, 0.05) is 24.3 Å². The number of carbonyl (C=O) groups excluding carboxylic acids is 3. The fourth-order valence-electron chi connectivity index (χ4n) is 3.27. The molecule has 1 heterocycles. The summed E-state index contributed by atoms with van der Waals surface area (Å²) < 4.78 is 5.36. The number of rotatable bonds is 5. The molecule has 0 aliphatic carbocycles. The van der Waals surface area contributed by atoms with Gasteiger partial charge >= 0.3 is 5.97 Å². The van der Waals surface area contributed by atoms with E-state index in [-0.39, 0.29) is 18.9 Å². The third-order valence-corrected chi connectivity index (χ3v) is 5.12. The summed E-state index contributed by atoms with van der Waals surface area (Å²) in [7, 11) is 0. The second-order valence-electron chi connectivity index (χ2n) is 7.63.